The van der Waals surface area contributed by atoms with Gasteiger partial charge in [0.1, 0.15) is 13.2 Å². The van der Waals surface area contributed by atoms with E-state index in [0.29, 0.717) is 17.4 Å². The molecule has 378 valence electrons. The summed E-state index contributed by atoms with van der Waals surface area (Å²) >= 11 is 0. The first kappa shape index (κ1) is 62.9. The number of likely N-dealkylation sites (N-methyl/N-ethyl adjacent to an activating group) is 1. The molecule has 0 saturated carbocycles. The first-order chi connectivity index (χ1) is 31.5. The van der Waals surface area contributed by atoms with Crippen LogP contribution in [-0.4, -0.2) is 73.4 Å². The second-order valence-corrected chi connectivity index (χ2v) is 20.7. The number of unbranched alkanes of at least 4 members (excludes halogenated alkanes) is 25. The minimum atomic E-state index is -4.36. The van der Waals surface area contributed by atoms with E-state index in [4.69, 9.17) is 9.05 Å². The van der Waals surface area contributed by atoms with Crippen molar-refractivity contribution in [1.82, 2.24) is 5.32 Å². The summed E-state index contributed by atoms with van der Waals surface area (Å²) in [7, 11) is 1.55. The Morgan fingerprint density at radius 3 is 1.42 bits per heavy atom. The summed E-state index contributed by atoms with van der Waals surface area (Å²) in [6, 6.07) is -0.868. The first-order valence-electron chi connectivity index (χ1n) is 26.8. The number of hydrogen-bond acceptors (Lipinski definition) is 5. The normalized spacial score (nSPS) is 14.6. The molecule has 0 aromatic carbocycles. The fourth-order valence-electron chi connectivity index (χ4n) is 7.46. The van der Waals surface area contributed by atoms with E-state index in [0.717, 1.165) is 64.2 Å². The highest BCUT2D eigenvalue weighted by atomic mass is 31.2. The van der Waals surface area contributed by atoms with E-state index < -0.39 is 20.0 Å². The molecule has 0 rings (SSSR count). The molecule has 0 radical (unpaired) electrons. The molecule has 0 aliphatic heterocycles. The number of phosphoric ester groups is 1. The minimum absolute atomic E-state index is 0.0534. The monoisotopic (exact) mass is 932 g/mol. The molecular weight excluding hydrogens is 828 g/mol. The lowest BCUT2D eigenvalue weighted by molar-refractivity contribution is -0.870. The molecule has 3 unspecified atom stereocenters. The Labute approximate surface area is 402 Å². The number of hydrogen-bond donors (Lipinski definition) is 3. The van der Waals surface area contributed by atoms with E-state index in [1.165, 1.54) is 141 Å². The van der Waals surface area contributed by atoms with Gasteiger partial charge in [0, 0.05) is 6.42 Å². The highest BCUT2D eigenvalue weighted by Crippen LogP contribution is 2.43. The van der Waals surface area contributed by atoms with Crippen LogP contribution in [0.5, 0.6) is 0 Å². The number of carbonyl (C=O) groups excluding carboxylic acids is 1. The van der Waals surface area contributed by atoms with Gasteiger partial charge in [0.15, 0.2) is 0 Å². The predicted molar refractivity (Wildman–Crippen MR) is 281 cm³/mol. The third kappa shape index (κ3) is 49.7. The molecule has 0 heterocycles. The Morgan fingerprint density at radius 1 is 0.538 bits per heavy atom. The molecule has 0 bridgehead atoms. The lowest BCUT2D eigenvalue weighted by atomic mass is 10.0. The number of aliphatic hydroxyl groups is 1. The molecule has 0 aromatic heterocycles. The molecule has 0 aromatic rings. The van der Waals surface area contributed by atoms with Crippen LogP contribution in [0.1, 0.15) is 226 Å². The van der Waals surface area contributed by atoms with Crippen LogP contribution in [0, 0.1) is 0 Å². The fourth-order valence-corrected chi connectivity index (χ4v) is 8.20. The zero-order valence-corrected chi connectivity index (χ0v) is 43.9. The maximum Gasteiger partial charge on any atom is 0.472 e. The topological polar surface area (TPSA) is 105 Å². The maximum absolute atomic E-state index is 13.0. The number of quaternary nitrogens is 1. The van der Waals surface area contributed by atoms with Gasteiger partial charge in [-0.25, -0.2) is 4.57 Å². The summed E-state index contributed by atoms with van der Waals surface area (Å²) in [4.78, 5) is 23.3. The van der Waals surface area contributed by atoms with Crippen LogP contribution in [0.3, 0.4) is 0 Å². The average molecular weight is 932 g/mol. The molecule has 0 aliphatic carbocycles. The Balaban J connectivity index is 4.29. The van der Waals surface area contributed by atoms with Crippen LogP contribution in [0.25, 0.3) is 0 Å². The van der Waals surface area contributed by atoms with Crippen molar-refractivity contribution in [3.8, 4) is 0 Å². The summed E-state index contributed by atoms with van der Waals surface area (Å²) in [6.45, 7) is 4.69. The van der Waals surface area contributed by atoms with Gasteiger partial charge in [-0.1, -0.05) is 222 Å². The Hall–Kier alpha value is -2.06. The smallest absolute Gasteiger partial charge is 0.387 e. The molecule has 1 amide bonds. The first-order valence-corrected chi connectivity index (χ1v) is 28.3. The maximum atomic E-state index is 13.0. The Bertz CT molecular complexity index is 1290. The van der Waals surface area contributed by atoms with Gasteiger partial charge in [-0.3, -0.25) is 13.8 Å². The SMILES string of the molecule is CC/C=C\C/C=C\C/C=C\C/C=C\CCCCCCCCCCCCCCC(=O)NC(COP(=O)(O)OCC[N+](C)(C)C)C(O)/C=C/CC/C=C/CCCCCCCCCCCCCC. The van der Waals surface area contributed by atoms with Gasteiger partial charge in [-0.15, -0.1) is 0 Å². The molecule has 0 fully saturated rings. The van der Waals surface area contributed by atoms with Crippen molar-refractivity contribution in [2.45, 2.75) is 238 Å². The number of rotatable bonds is 48. The van der Waals surface area contributed by atoms with Crippen molar-refractivity contribution < 1.29 is 32.9 Å². The van der Waals surface area contributed by atoms with Crippen molar-refractivity contribution in [2.75, 3.05) is 40.9 Å². The molecule has 3 atom stereocenters. The van der Waals surface area contributed by atoms with Crippen molar-refractivity contribution in [1.29, 1.82) is 0 Å². The molecule has 65 heavy (non-hydrogen) atoms. The number of carbonyl (C=O) groups is 1. The number of phosphoric acid groups is 1. The highest BCUT2D eigenvalue weighted by molar-refractivity contribution is 7.47. The van der Waals surface area contributed by atoms with E-state index in [1.807, 2.05) is 27.2 Å². The molecule has 0 saturated heterocycles. The zero-order valence-electron chi connectivity index (χ0n) is 43.0. The lowest BCUT2D eigenvalue weighted by Gasteiger charge is -2.25. The largest absolute Gasteiger partial charge is 0.472 e. The van der Waals surface area contributed by atoms with Crippen LogP contribution in [0.2, 0.25) is 0 Å². The summed E-state index contributed by atoms with van der Waals surface area (Å²) in [5, 5.41) is 13.9. The van der Waals surface area contributed by atoms with Crippen LogP contribution in [0.15, 0.2) is 72.9 Å². The van der Waals surface area contributed by atoms with Gasteiger partial charge in [-0.05, 0) is 70.6 Å². The van der Waals surface area contributed by atoms with Crippen molar-refractivity contribution in [2.24, 2.45) is 0 Å². The standard InChI is InChI=1S/C56H103N2O6P/c1-6-8-10-12-14-16-18-20-22-24-26-27-28-29-30-31-32-34-36-38-40-42-44-46-48-50-56(60)57-54(53-64-65(61,62)63-52-51-58(3,4)5)55(59)49-47-45-43-41-39-37-35-33-25-23-21-19-17-15-13-11-9-7-2/h8,10,14,16,20,22,26-27,39,41,47,49,54-55,59H,6-7,9,11-13,15,17-19,21,23-25,28-38,40,42-46,48,50-53H2,1-5H3,(H-,57,60,61,62)/p+1/b10-8-,16-14-,22-20-,27-26-,41-39+,49-47+. The van der Waals surface area contributed by atoms with Crippen LogP contribution in [0.4, 0.5) is 0 Å². The number of nitrogens with zero attached hydrogens (tertiary/aromatic N) is 1. The van der Waals surface area contributed by atoms with Crippen molar-refractivity contribution in [3.63, 3.8) is 0 Å². The molecule has 0 aliphatic rings. The molecule has 8 nitrogen and oxygen atoms in total. The zero-order chi connectivity index (χ0) is 47.8. The van der Waals surface area contributed by atoms with Gasteiger partial charge in [0.25, 0.3) is 0 Å². The van der Waals surface area contributed by atoms with E-state index in [1.54, 1.807) is 6.08 Å². The van der Waals surface area contributed by atoms with Gasteiger partial charge in [-0.2, -0.15) is 0 Å². The second-order valence-electron chi connectivity index (χ2n) is 19.2. The summed E-state index contributed by atoms with van der Waals surface area (Å²) < 4.78 is 23.7. The lowest BCUT2D eigenvalue weighted by Crippen LogP contribution is -2.45. The number of aliphatic hydroxyl groups excluding tert-OH is 1. The third-order valence-corrected chi connectivity index (χ3v) is 12.6. The van der Waals surface area contributed by atoms with Crippen molar-refractivity contribution >= 4 is 13.7 Å². The number of nitrogens with one attached hydrogen (secondary N) is 1. The van der Waals surface area contributed by atoms with Gasteiger partial charge < -0.3 is 19.8 Å². The quantitative estimate of drug-likeness (QED) is 0.0243. The summed E-state index contributed by atoms with van der Waals surface area (Å²) in [5.74, 6) is -0.191. The van der Waals surface area contributed by atoms with Crippen LogP contribution >= 0.6 is 7.82 Å². The minimum Gasteiger partial charge on any atom is -0.387 e. The molecule has 0 spiro atoms. The Morgan fingerprint density at radius 2 is 0.938 bits per heavy atom. The van der Waals surface area contributed by atoms with E-state index in [9.17, 15) is 19.4 Å². The highest BCUT2D eigenvalue weighted by Gasteiger charge is 2.27. The van der Waals surface area contributed by atoms with Crippen LogP contribution < -0.4 is 5.32 Å². The van der Waals surface area contributed by atoms with E-state index in [2.05, 4.69) is 79.9 Å². The van der Waals surface area contributed by atoms with Gasteiger partial charge in [0.05, 0.1) is 39.9 Å². The van der Waals surface area contributed by atoms with E-state index in [-0.39, 0.29) is 19.1 Å². The van der Waals surface area contributed by atoms with Crippen LogP contribution in [-0.2, 0) is 18.4 Å². The number of allylic oxidation sites excluding steroid dienone is 11. The average Bonchev–Trinajstić information content (AvgIpc) is 3.26. The second kappa shape index (κ2) is 47.0. The number of amides is 1. The van der Waals surface area contributed by atoms with Gasteiger partial charge >= 0.3 is 7.82 Å². The van der Waals surface area contributed by atoms with E-state index >= 15 is 0 Å². The van der Waals surface area contributed by atoms with Crippen molar-refractivity contribution in [3.05, 3.63) is 72.9 Å². The Kier molecular flexibility index (Phi) is 45.5. The third-order valence-electron chi connectivity index (χ3n) is 11.7. The summed E-state index contributed by atoms with van der Waals surface area (Å²) in [5.41, 5.74) is 0. The molecule has 9 heteroatoms. The molecule has 3 N–H and O–H groups in total. The molecular formula is C56H104N2O6P+. The fraction of sp³-hybridized carbons (Fsp3) is 0.768. The predicted octanol–water partition coefficient (Wildman–Crippen LogP) is 15.9. The summed E-state index contributed by atoms with van der Waals surface area (Å²) in [6.07, 6.45) is 64.2. The van der Waals surface area contributed by atoms with Gasteiger partial charge in [0.2, 0.25) is 5.91 Å².